The Morgan fingerprint density at radius 1 is 1.06 bits per heavy atom. The molecule has 0 heterocycles. The minimum atomic E-state index is -1.14. The van der Waals surface area contributed by atoms with E-state index in [-0.39, 0.29) is 0 Å². The molecule has 1 N–H and O–H groups in total. The van der Waals surface area contributed by atoms with Crippen LogP contribution in [0.4, 0.5) is 0 Å². The minimum Gasteiger partial charge on any atom is -0.478 e. The van der Waals surface area contributed by atoms with Crippen molar-refractivity contribution in [2.75, 3.05) is 0 Å². The first-order chi connectivity index (χ1) is 7.36. The molecule has 16 heavy (non-hydrogen) atoms. The molecule has 0 amide bonds. The van der Waals surface area contributed by atoms with Gasteiger partial charge in [-0.05, 0) is 57.9 Å². The largest absolute Gasteiger partial charge is 0.478 e. The lowest BCUT2D eigenvalue weighted by atomic mass is 10.2. The van der Waals surface area contributed by atoms with Gasteiger partial charge in [-0.25, -0.2) is 4.79 Å². The van der Waals surface area contributed by atoms with Crippen LogP contribution in [-0.2, 0) is 9.59 Å². The summed E-state index contributed by atoms with van der Waals surface area (Å²) < 4.78 is 0.771. The number of carboxylic acids is 1. The van der Waals surface area contributed by atoms with E-state index in [0.717, 1.165) is 3.57 Å². The average molecular weight is 375 g/mol. The van der Waals surface area contributed by atoms with Crippen molar-refractivity contribution in [1.82, 2.24) is 0 Å². The Labute approximate surface area is 115 Å². The third-order valence-corrected chi connectivity index (χ3v) is 2.64. The number of carbonyl (C=O) groups is 3. The molecule has 1 aromatic carbocycles. The van der Waals surface area contributed by atoms with Gasteiger partial charge >= 0.3 is 16.5 Å². The summed E-state index contributed by atoms with van der Waals surface area (Å²) in [6, 6.07) is 6.88. The summed E-state index contributed by atoms with van der Waals surface area (Å²) in [5.41, 5.74) is 0.364. The lowest BCUT2D eigenvalue weighted by Crippen LogP contribution is -1.97. The summed E-state index contributed by atoms with van der Waals surface area (Å²) in [5.74, 6) is -0.870. The summed E-state index contributed by atoms with van der Waals surface area (Å²) in [6.45, 7) is 0. The van der Waals surface area contributed by atoms with E-state index in [2.05, 4.69) is 23.2 Å². The molecule has 0 saturated heterocycles. The van der Waals surface area contributed by atoms with Gasteiger partial charge < -0.3 is 5.11 Å². The van der Waals surface area contributed by atoms with E-state index in [9.17, 15) is 14.4 Å². The third kappa shape index (κ3) is 6.04. The third-order valence-electron chi connectivity index (χ3n) is 1.26. The Hall–Kier alpha value is -0.660. The normalized spacial score (nSPS) is 8.69. The highest BCUT2D eigenvalue weighted by Gasteiger charge is 2.04. The second kappa shape index (κ2) is 7.59. The average Bonchev–Trinajstić information content (AvgIpc) is 2.18. The number of benzene rings is 1. The molecule has 0 aromatic heterocycles. The maximum atomic E-state index is 10.4. The summed E-state index contributed by atoms with van der Waals surface area (Å²) in [5, 5.41) is 6.28. The zero-order valence-electron chi connectivity index (χ0n) is 7.62. The summed E-state index contributed by atoms with van der Waals surface area (Å²) >= 11 is 11.0. The molecular formula is C9H5Cl2IO4. The van der Waals surface area contributed by atoms with Crippen molar-refractivity contribution in [3.63, 3.8) is 0 Å². The summed E-state index contributed by atoms with van der Waals surface area (Å²) in [7, 11) is 0. The van der Waals surface area contributed by atoms with E-state index in [1.54, 1.807) is 18.2 Å². The fourth-order valence-electron chi connectivity index (χ4n) is 0.635. The van der Waals surface area contributed by atoms with Gasteiger partial charge in [-0.2, -0.15) is 0 Å². The van der Waals surface area contributed by atoms with Crippen molar-refractivity contribution in [1.29, 1.82) is 0 Å². The molecule has 0 radical (unpaired) electrons. The van der Waals surface area contributed by atoms with Crippen LogP contribution in [0.25, 0.3) is 0 Å². The fourth-order valence-corrected chi connectivity index (χ4v) is 1.25. The highest BCUT2D eigenvalue weighted by atomic mass is 127. The van der Waals surface area contributed by atoms with Crippen LogP contribution in [0, 0.1) is 3.57 Å². The van der Waals surface area contributed by atoms with Gasteiger partial charge in [0.2, 0.25) is 0 Å². The number of rotatable bonds is 2. The molecule has 1 aromatic rings. The first kappa shape index (κ1) is 15.3. The van der Waals surface area contributed by atoms with Crippen molar-refractivity contribution in [2.24, 2.45) is 0 Å². The van der Waals surface area contributed by atoms with Gasteiger partial charge in [-0.1, -0.05) is 12.1 Å². The smallest absolute Gasteiger partial charge is 0.336 e. The van der Waals surface area contributed by atoms with Crippen LogP contribution in [0.1, 0.15) is 10.4 Å². The van der Waals surface area contributed by atoms with E-state index in [1.807, 2.05) is 28.7 Å². The predicted octanol–water partition coefficient (Wildman–Crippen LogP) is 2.51. The molecule has 4 nitrogen and oxygen atoms in total. The fraction of sp³-hybridized carbons (Fsp3) is 0. The summed E-state index contributed by atoms with van der Waals surface area (Å²) in [6.07, 6.45) is 0. The molecule has 7 heteroatoms. The highest BCUT2D eigenvalue weighted by molar-refractivity contribution is 14.1. The summed E-state index contributed by atoms with van der Waals surface area (Å²) in [4.78, 5) is 29.3. The number of aromatic carboxylic acids is 1. The van der Waals surface area contributed by atoms with Crippen LogP contribution in [0.15, 0.2) is 24.3 Å². The van der Waals surface area contributed by atoms with Crippen LogP contribution in [0.2, 0.25) is 0 Å². The number of hydrogen-bond acceptors (Lipinski definition) is 3. The van der Waals surface area contributed by atoms with E-state index in [4.69, 9.17) is 5.11 Å². The Balaban J connectivity index is 0.000000325. The second-order valence-electron chi connectivity index (χ2n) is 2.33. The molecular weight excluding hydrogens is 370 g/mol. The molecule has 0 aliphatic heterocycles. The van der Waals surface area contributed by atoms with E-state index >= 15 is 0 Å². The molecule has 0 spiro atoms. The van der Waals surface area contributed by atoms with Crippen LogP contribution in [0.3, 0.4) is 0 Å². The topological polar surface area (TPSA) is 71.4 Å². The Morgan fingerprint density at radius 2 is 1.50 bits per heavy atom. The van der Waals surface area contributed by atoms with Crippen LogP contribution in [-0.4, -0.2) is 21.6 Å². The van der Waals surface area contributed by atoms with E-state index < -0.39 is 16.5 Å². The number of hydrogen-bond donors (Lipinski definition) is 1. The molecule has 0 fully saturated rings. The first-order valence-corrected chi connectivity index (χ1v) is 5.56. The SMILES string of the molecule is O=C(Cl)C(=O)Cl.O=C(O)c1ccccc1I. The number of carboxylic acid groups (broad SMARTS) is 1. The van der Waals surface area contributed by atoms with E-state index in [0.29, 0.717) is 5.56 Å². The van der Waals surface area contributed by atoms with Crippen molar-refractivity contribution < 1.29 is 19.5 Å². The van der Waals surface area contributed by atoms with Gasteiger partial charge in [0.15, 0.2) is 0 Å². The van der Waals surface area contributed by atoms with Crippen molar-refractivity contribution in [3.05, 3.63) is 33.4 Å². The first-order valence-electron chi connectivity index (χ1n) is 3.73. The van der Waals surface area contributed by atoms with Crippen molar-refractivity contribution in [2.45, 2.75) is 0 Å². The standard InChI is InChI=1S/C7H5IO2.C2Cl2O2/c8-6-4-2-1-3-5(6)7(9)10;3-1(5)2(4)6/h1-4H,(H,9,10);. The molecule has 0 aliphatic rings. The van der Waals surface area contributed by atoms with Crippen molar-refractivity contribution >= 4 is 62.2 Å². The van der Waals surface area contributed by atoms with Gasteiger partial charge in [-0.15, -0.1) is 0 Å². The predicted molar refractivity (Wildman–Crippen MR) is 67.8 cm³/mol. The van der Waals surface area contributed by atoms with Gasteiger partial charge in [0.1, 0.15) is 0 Å². The van der Waals surface area contributed by atoms with Crippen molar-refractivity contribution in [3.8, 4) is 0 Å². The zero-order chi connectivity index (χ0) is 12.7. The van der Waals surface area contributed by atoms with Crippen LogP contribution in [0.5, 0.6) is 0 Å². The zero-order valence-corrected chi connectivity index (χ0v) is 11.3. The molecule has 0 saturated carbocycles. The van der Waals surface area contributed by atoms with Gasteiger partial charge in [0.25, 0.3) is 0 Å². The quantitative estimate of drug-likeness (QED) is 0.490. The van der Waals surface area contributed by atoms with Crippen LogP contribution >= 0.6 is 45.8 Å². The Kier molecular flexibility index (Phi) is 7.27. The maximum absolute atomic E-state index is 10.4. The number of carbonyl (C=O) groups excluding carboxylic acids is 2. The Bertz CT molecular complexity index is 408. The molecule has 0 bridgehead atoms. The second-order valence-corrected chi connectivity index (χ2v) is 4.18. The van der Waals surface area contributed by atoms with Gasteiger partial charge in [-0.3, -0.25) is 9.59 Å². The maximum Gasteiger partial charge on any atom is 0.336 e. The van der Waals surface area contributed by atoms with Crippen LogP contribution < -0.4 is 0 Å². The molecule has 0 aliphatic carbocycles. The molecule has 1 rings (SSSR count). The molecule has 0 unspecified atom stereocenters. The highest BCUT2D eigenvalue weighted by Crippen LogP contribution is 2.10. The number of halogens is 3. The monoisotopic (exact) mass is 374 g/mol. The Morgan fingerprint density at radius 3 is 1.75 bits per heavy atom. The molecule has 86 valence electrons. The molecule has 0 atom stereocenters. The van der Waals surface area contributed by atoms with Gasteiger partial charge in [0.05, 0.1) is 5.56 Å². The lowest BCUT2D eigenvalue weighted by molar-refractivity contribution is -0.127. The lowest BCUT2D eigenvalue weighted by Gasteiger charge is -1.94. The minimum absolute atomic E-state index is 0.364. The van der Waals surface area contributed by atoms with E-state index in [1.165, 1.54) is 0 Å². The van der Waals surface area contributed by atoms with Gasteiger partial charge in [0, 0.05) is 3.57 Å².